The first-order chi connectivity index (χ1) is 11.4. The number of nitrogens with one attached hydrogen (secondary N) is 3. The number of hydrogen-bond donors (Lipinski definition) is 3. The van der Waals surface area contributed by atoms with Crippen molar-refractivity contribution in [3.05, 3.63) is 35.1 Å². The van der Waals surface area contributed by atoms with Crippen LogP contribution in [0.2, 0.25) is 0 Å². The van der Waals surface area contributed by atoms with Crippen LogP contribution in [0.5, 0.6) is 0 Å². The van der Waals surface area contributed by atoms with Gasteiger partial charge in [0.05, 0.1) is 12.1 Å². The lowest BCUT2D eigenvalue weighted by atomic mass is 10.1. The van der Waals surface area contributed by atoms with Gasteiger partial charge in [-0.1, -0.05) is 6.07 Å². The van der Waals surface area contributed by atoms with E-state index in [4.69, 9.17) is 0 Å². The molecule has 0 heterocycles. The van der Waals surface area contributed by atoms with Crippen molar-refractivity contribution in [3.63, 3.8) is 0 Å². The smallest absolute Gasteiger partial charge is 0.345 e. The highest BCUT2D eigenvalue weighted by Crippen LogP contribution is 2.32. The van der Waals surface area contributed by atoms with E-state index in [-0.39, 0.29) is 6.07 Å². The molecule has 3 amide bonds. The van der Waals surface area contributed by atoms with E-state index in [2.05, 4.69) is 0 Å². The van der Waals surface area contributed by atoms with E-state index < -0.39 is 60.9 Å². The third-order valence-electron chi connectivity index (χ3n) is 2.71. The maximum Gasteiger partial charge on any atom is 0.416 e. The Morgan fingerprint density at radius 2 is 1.60 bits per heavy atom. The molecule has 0 saturated carbocycles. The summed E-state index contributed by atoms with van der Waals surface area (Å²) in [4.78, 5) is 22.4. The third-order valence-corrected chi connectivity index (χ3v) is 2.71. The molecule has 0 aliphatic heterocycles. The second-order valence-electron chi connectivity index (χ2n) is 4.73. The second kappa shape index (κ2) is 8.03. The number of carbonyl (C=O) groups is 2. The fourth-order valence-electron chi connectivity index (χ4n) is 1.63. The van der Waals surface area contributed by atoms with Crippen molar-refractivity contribution < 1.29 is 40.3 Å². The minimum absolute atomic E-state index is 0.263. The van der Waals surface area contributed by atoms with Gasteiger partial charge >= 0.3 is 18.4 Å². The van der Waals surface area contributed by atoms with E-state index in [1.807, 2.05) is 10.6 Å². The van der Waals surface area contributed by atoms with Gasteiger partial charge in [0.2, 0.25) is 5.91 Å². The molecule has 0 radical (unpaired) electrons. The number of alkyl halides is 6. The van der Waals surface area contributed by atoms with Crippen molar-refractivity contribution in [2.24, 2.45) is 0 Å². The summed E-state index contributed by atoms with van der Waals surface area (Å²) in [5.41, 5.74) is -1.71. The van der Waals surface area contributed by atoms with Crippen LogP contribution in [0.25, 0.3) is 0 Å². The van der Waals surface area contributed by atoms with Crippen molar-refractivity contribution in [2.45, 2.75) is 18.9 Å². The Balaban J connectivity index is 2.51. The average Bonchev–Trinajstić information content (AvgIpc) is 2.48. The molecule has 1 rings (SSSR count). The molecule has 12 heteroatoms. The summed E-state index contributed by atoms with van der Waals surface area (Å²) in [5.74, 6) is -2.24. The predicted octanol–water partition coefficient (Wildman–Crippen LogP) is 2.32. The number of benzene rings is 1. The third kappa shape index (κ3) is 7.72. The molecule has 0 spiro atoms. The highest BCUT2D eigenvalue weighted by atomic mass is 19.4. The van der Waals surface area contributed by atoms with Crippen LogP contribution in [0.3, 0.4) is 0 Å². The Morgan fingerprint density at radius 3 is 2.16 bits per heavy atom. The van der Waals surface area contributed by atoms with Gasteiger partial charge in [0, 0.05) is 6.54 Å². The SMILES string of the molecule is O=C(CNC(=O)NCc1ccc(F)cc1C(F)(F)F)NCC(F)(F)F. The Bertz CT molecular complexity index is 629. The number of hydrogen-bond acceptors (Lipinski definition) is 2. The van der Waals surface area contributed by atoms with Gasteiger partial charge in [0.15, 0.2) is 0 Å². The quantitative estimate of drug-likeness (QED) is 0.692. The molecule has 0 bridgehead atoms. The molecule has 3 N–H and O–H groups in total. The Hall–Kier alpha value is -2.53. The fraction of sp³-hybridized carbons (Fsp3) is 0.385. The monoisotopic (exact) mass is 375 g/mol. The summed E-state index contributed by atoms with van der Waals surface area (Å²) in [7, 11) is 0. The topological polar surface area (TPSA) is 70.2 Å². The van der Waals surface area contributed by atoms with Crippen LogP contribution in [-0.4, -0.2) is 31.2 Å². The van der Waals surface area contributed by atoms with Gasteiger partial charge in [-0.3, -0.25) is 4.79 Å². The Kier molecular flexibility index (Phi) is 6.59. The molecule has 1 aromatic rings. The predicted molar refractivity (Wildman–Crippen MR) is 70.7 cm³/mol. The van der Waals surface area contributed by atoms with Crippen molar-refractivity contribution in [3.8, 4) is 0 Å². The van der Waals surface area contributed by atoms with Gasteiger partial charge in [-0.2, -0.15) is 26.3 Å². The van der Waals surface area contributed by atoms with Gasteiger partial charge in [-0.15, -0.1) is 0 Å². The van der Waals surface area contributed by atoms with Crippen LogP contribution < -0.4 is 16.0 Å². The largest absolute Gasteiger partial charge is 0.416 e. The molecule has 0 saturated heterocycles. The molecule has 5 nitrogen and oxygen atoms in total. The summed E-state index contributed by atoms with van der Waals surface area (Å²) in [6.45, 7) is -3.03. The van der Waals surface area contributed by atoms with E-state index in [1.165, 1.54) is 5.32 Å². The average molecular weight is 375 g/mol. The first-order valence-electron chi connectivity index (χ1n) is 6.59. The highest BCUT2D eigenvalue weighted by molar-refractivity contribution is 5.83. The Labute approximate surface area is 136 Å². The minimum atomic E-state index is -4.84. The van der Waals surface area contributed by atoms with Gasteiger partial charge < -0.3 is 16.0 Å². The zero-order valence-corrected chi connectivity index (χ0v) is 12.3. The lowest BCUT2D eigenvalue weighted by Gasteiger charge is -2.14. The molecular formula is C13H12F7N3O2. The second-order valence-corrected chi connectivity index (χ2v) is 4.73. The minimum Gasteiger partial charge on any atom is -0.345 e. The van der Waals surface area contributed by atoms with E-state index >= 15 is 0 Å². The number of carbonyl (C=O) groups excluding carboxylic acids is 2. The molecule has 0 aromatic heterocycles. The summed E-state index contributed by atoms with van der Waals surface area (Å²) < 4.78 is 86.7. The van der Waals surface area contributed by atoms with Gasteiger partial charge in [-0.25, -0.2) is 9.18 Å². The molecule has 0 aliphatic rings. The molecular weight excluding hydrogens is 363 g/mol. The number of urea groups is 1. The van der Waals surface area contributed by atoms with Crippen LogP contribution in [-0.2, 0) is 17.5 Å². The molecule has 0 atom stereocenters. The lowest BCUT2D eigenvalue weighted by Crippen LogP contribution is -2.44. The van der Waals surface area contributed by atoms with Gasteiger partial charge in [0.25, 0.3) is 0 Å². The number of amides is 3. The molecule has 1 aromatic carbocycles. The zero-order chi connectivity index (χ0) is 19.3. The summed E-state index contributed by atoms with van der Waals surface area (Å²) in [6.07, 6.45) is -9.46. The van der Waals surface area contributed by atoms with Crippen LogP contribution in [0, 0.1) is 5.82 Å². The molecule has 140 valence electrons. The van der Waals surface area contributed by atoms with E-state index in [1.54, 1.807) is 0 Å². The first-order valence-corrected chi connectivity index (χ1v) is 6.59. The van der Waals surface area contributed by atoms with E-state index in [0.29, 0.717) is 0 Å². The van der Waals surface area contributed by atoms with Gasteiger partial charge in [0.1, 0.15) is 12.4 Å². The Morgan fingerprint density at radius 1 is 0.960 bits per heavy atom. The molecule has 0 aliphatic carbocycles. The maximum atomic E-state index is 12.9. The standard InChI is InChI=1S/C13H12F7N3O2/c14-8-2-1-7(9(3-8)13(18,19)20)4-21-11(25)22-5-10(24)23-6-12(15,16)17/h1-3H,4-6H2,(H,23,24)(H2,21,22,25). The summed E-state index contributed by atoms with van der Waals surface area (Å²) >= 11 is 0. The summed E-state index contributed by atoms with van der Waals surface area (Å²) in [6, 6.07) is 0.780. The molecule has 0 unspecified atom stereocenters. The van der Waals surface area contributed by atoms with Crippen molar-refractivity contribution in [2.75, 3.05) is 13.1 Å². The fourth-order valence-corrected chi connectivity index (χ4v) is 1.63. The van der Waals surface area contributed by atoms with Crippen molar-refractivity contribution in [1.29, 1.82) is 0 Å². The first kappa shape index (κ1) is 20.5. The van der Waals surface area contributed by atoms with Crippen LogP contribution in [0.15, 0.2) is 18.2 Å². The van der Waals surface area contributed by atoms with E-state index in [9.17, 15) is 40.3 Å². The molecule has 25 heavy (non-hydrogen) atoms. The normalized spacial score (nSPS) is 11.8. The maximum absolute atomic E-state index is 12.9. The number of rotatable bonds is 5. The van der Waals surface area contributed by atoms with Crippen LogP contribution in [0.4, 0.5) is 35.5 Å². The van der Waals surface area contributed by atoms with Crippen molar-refractivity contribution in [1.82, 2.24) is 16.0 Å². The van der Waals surface area contributed by atoms with Crippen molar-refractivity contribution >= 4 is 11.9 Å². The number of halogens is 7. The van der Waals surface area contributed by atoms with Crippen LogP contribution in [0.1, 0.15) is 11.1 Å². The van der Waals surface area contributed by atoms with Gasteiger partial charge in [-0.05, 0) is 17.7 Å². The zero-order valence-electron chi connectivity index (χ0n) is 12.3. The lowest BCUT2D eigenvalue weighted by molar-refractivity contribution is -0.138. The van der Waals surface area contributed by atoms with Crippen LogP contribution >= 0.6 is 0 Å². The molecule has 0 fully saturated rings. The summed E-state index contributed by atoms with van der Waals surface area (Å²) in [5, 5.41) is 5.35. The van der Waals surface area contributed by atoms with E-state index in [0.717, 1.165) is 12.1 Å². The highest BCUT2D eigenvalue weighted by Gasteiger charge is 2.33.